The van der Waals surface area contributed by atoms with E-state index in [1.54, 1.807) is 4.90 Å². The first kappa shape index (κ1) is 19.9. The van der Waals surface area contributed by atoms with Crippen LogP contribution in [0, 0.1) is 0 Å². The van der Waals surface area contributed by atoms with Crippen LogP contribution in [-0.4, -0.2) is 51.5 Å². The molecule has 1 saturated heterocycles. The molecule has 4 rings (SSSR count). The SMILES string of the molecule is C[C@@H]1CN(C(=O)CSc2nc3scc(-c4ccccc4)c3c(=O)n2N)C[C@@H](C)O1. The maximum absolute atomic E-state index is 12.9. The number of fused-ring (bicyclic) bond motifs is 1. The van der Waals surface area contributed by atoms with E-state index in [0.29, 0.717) is 28.5 Å². The van der Waals surface area contributed by atoms with Crippen molar-refractivity contribution in [3.8, 4) is 11.1 Å². The molecule has 3 aromatic rings. The van der Waals surface area contributed by atoms with Crippen LogP contribution in [0.5, 0.6) is 0 Å². The van der Waals surface area contributed by atoms with Crippen molar-refractivity contribution < 1.29 is 9.53 Å². The number of ether oxygens (including phenoxy) is 1. The van der Waals surface area contributed by atoms with Gasteiger partial charge in [0.05, 0.1) is 23.3 Å². The van der Waals surface area contributed by atoms with Gasteiger partial charge in [0, 0.05) is 24.0 Å². The highest BCUT2D eigenvalue weighted by atomic mass is 32.2. The number of rotatable bonds is 4. The topological polar surface area (TPSA) is 90.5 Å². The summed E-state index contributed by atoms with van der Waals surface area (Å²) in [7, 11) is 0. The number of amides is 1. The Kier molecular flexibility index (Phi) is 5.62. The van der Waals surface area contributed by atoms with Crippen LogP contribution in [0.4, 0.5) is 0 Å². The molecule has 3 heterocycles. The highest BCUT2D eigenvalue weighted by molar-refractivity contribution is 7.99. The number of hydrogen-bond donors (Lipinski definition) is 1. The highest BCUT2D eigenvalue weighted by Crippen LogP contribution is 2.31. The van der Waals surface area contributed by atoms with Crippen molar-refractivity contribution in [2.24, 2.45) is 0 Å². The number of hydrogen-bond acceptors (Lipinski definition) is 7. The molecule has 0 aliphatic carbocycles. The predicted molar refractivity (Wildman–Crippen MR) is 117 cm³/mol. The maximum Gasteiger partial charge on any atom is 0.282 e. The quantitative estimate of drug-likeness (QED) is 0.389. The third kappa shape index (κ3) is 4.03. The standard InChI is InChI=1S/C20H22N4O3S2/c1-12-8-23(9-13(2)27-12)16(25)11-29-20-22-18-17(19(26)24(20)21)15(10-28-18)14-6-4-3-5-7-14/h3-7,10,12-13H,8-9,11,21H2,1-2H3/t12-,13-/m1/s1. The van der Waals surface area contributed by atoms with Crippen LogP contribution in [0.2, 0.25) is 0 Å². The van der Waals surface area contributed by atoms with E-state index in [-0.39, 0.29) is 29.4 Å². The van der Waals surface area contributed by atoms with Crippen LogP contribution < -0.4 is 11.4 Å². The van der Waals surface area contributed by atoms with Crippen molar-refractivity contribution in [2.45, 2.75) is 31.2 Å². The number of carbonyl (C=O) groups excluding carboxylic acids is 1. The Morgan fingerprint density at radius 3 is 2.66 bits per heavy atom. The zero-order valence-corrected chi connectivity index (χ0v) is 17.8. The molecule has 0 unspecified atom stereocenters. The molecule has 0 radical (unpaired) electrons. The smallest absolute Gasteiger partial charge is 0.282 e. The summed E-state index contributed by atoms with van der Waals surface area (Å²) >= 11 is 2.59. The minimum atomic E-state index is -0.307. The van der Waals surface area contributed by atoms with Gasteiger partial charge < -0.3 is 15.5 Å². The lowest BCUT2D eigenvalue weighted by molar-refractivity contribution is -0.140. The number of thiophene rings is 1. The van der Waals surface area contributed by atoms with Gasteiger partial charge in [-0.2, -0.15) is 0 Å². The van der Waals surface area contributed by atoms with E-state index in [9.17, 15) is 9.59 Å². The molecule has 1 fully saturated rings. The van der Waals surface area contributed by atoms with Crippen molar-refractivity contribution in [1.29, 1.82) is 0 Å². The highest BCUT2D eigenvalue weighted by Gasteiger charge is 2.26. The molecule has 0 spiro atoms. The number of nitrogens with zero attached hydrogens (tertiary/aromatic N) is 3. The molecule has 2 aromatic heterocycles. The summed E-state index contributed by atoms with van der Waals surface area (Å²) in [5.41, 5.74) is 1.47. The Balaban J connectivity index is 1.57. The van der Waals surface area contributed by atoms with Gasteiger partial charge in [0.15, 0.2) is 5.16 Å². The number of benzene rings is 1. The minimum Gasteiger partial charge on any atom is -0.372 e. The third-order valence-electron chi connectivity index (χ3n) is 4.79. The molecule has 0 bridgehead atoms. The first-order valence-corrected chi connectivity index (χ1v) is 11.2. The molecule has 1 amide bonds. The largest absolute Gasteiger partial charge is 0.372 e. The molecular formula is C20H22N4O3S2. The average molecular weight is 431 g/mol. The first-order valence-electron chi connectivity index (χ1n) is 9.35. The summed E-state index contributed by atoms with van der Waals surface area (Å²) in [6, 6.07) is 9.69. The number of aromatic nitrogens is 2. The zero-order valence-electron chi connectivity index (χ0n) is 16.2. The van der Waals surface area contributed by atoms with Crippen LogP contribution in [-0.2, 0) is 9.53 Å². The van der Waals surface area contributed by atoms with Crippen LogP contribution in [0.3, 0.4) is 0 Å². The molecule has 1 aliphatic heterocycles. The van der Waals surface area contributed by atoms with E-state index in [1.165, 1.54) is 23.1 Å². The van der Waals surface area contributed by atoms with Crippen molar-refractivity contribution in [1.82, 2.24) is 14.6 Å². The van der Waals surface area contributed by atoms with Crippen molar-refractivity contribution >= 4 is 39.2 Å². The molecule has 1 aromatic carbocycles. The number of thioether (sulfide) groups is 1. The summed E-state index contributed by atoms with van der Waals surface area (Å²) < 4.78 is 6.72. The van der Waals surface area contributed by atoms with E-state index in [2.05, 4.69) is 4.98 Å². The summed E-state index contributed by atoms with van der Waals surface area (Å²) in [4.78, 5) is 32.5. The Hall–Kier alpha value is -2.36. The maximum atomic E-state index is 12.9. The summed E-state index contributed by atoms with van der Waals surface area (Å²) in [6.45, 7) is 5.04. The van der Waals surface area contributed by atoms with E-state index in [0.717, 1.165) is 15.8 Å². The van der Waals surface area contributed by atoms with Gasteiger partial charge in [-0.15, -0.1) is 11.3 Å². The third-order valence-corrected chi connectivity index (χ3v) is 6.60. The second-order valence-electron chi connectivity index (χ2n) is 7.11. The van der Waals surface area contributed by atoms with Crippen LogP contribution >= 0.6 is 23.1 Å². The summed E-state index contributed by atoms with van der Waals surface area (Å²) in [6.07, 6.45) is 0.0229. The first-order chi connectivity index (χ1) is 13.9. The lowest BCUT2D eigenvalue weighted by atomic mass is 10.1. The number of nitrogens with two attached hydrogens (primary N) is 1. The second kappa shape index (κ2) is 8.17. The fourth-order valence-electron chi connectivity index (χ4n) is 3.52. The van der Waals surface area contributed by atoms with Gasteiger partial charge in [-0.3, -0.25) is 9.59 Å². The van der Waals surface area contributed by atoms with Crippen molar-refractivity contribution in [3.05, 3.63) is 46.1 Å². The molecule has 152 valence electrons. The lowest BCUT2D eigenvalue weighted by Crippen LogP contribution is -2.48. The molecule has 29 heavy (non-hydrogen) atoms. The molecular weight excluding hydrogens is 408 g/mol. The zero-order chi connectivity index (χ0) is 20.5. The van der Waals surface area contributed by atoms with Gasteiger partial charge in [0.1, 0.15) is 4.83 Å². The molecule has 9 heteroatoms. The Bertz CT molecular complexity index is 1090. The van der Waals surface area contributed by atoms with Gasteiger partial charge in [-0.25, -0.2) is 9.66 Å². The molecule has 1 aliphatic rings. The number of carbonyl (C=O) groups is 1. The summed E-state index contributed by atoms with van der Waals surface area (Å²) in [5, 5.41) is 2.77. The molecule has 2 N–H and O–H groups in total. The van der Waals surface area contributed by atoms with Gasteiger partial charge in [0.2, 0.25) is 5.91 Å². The molecule has 0 saturated carbocycles. The fourth-order valence-corrected chi connectivity index (χ4v) is 5.32. The van der Waals surface area contributed by atoms with E-state index < -0.39 is 0 Å². The Labute approximate surface area is 176 Å². The fraction of sp³-hybridized carbons (Fsp3) is 0.350. The summed E-state index contributed by atoms with van der Waals surface area (Å²) in [5.74, 6) is 6.20. The van der Waals surface area contributed by atoms with Crippen LogP contribution in [0.15, 0.2) is 45.7 Å². The second-order valence-corrected chi connectivity index (χ2v) is 8.91. The lowest BCUT2D eigenvalue weighted by Gasteiger charge is -2.35. The van der Waals surface area contributed by atoms with Gasteiger partial charge in [-0.05, 0) is 19.4 Å². The van der Waals surface area contributed by atoms with Gasteiger partial charge in [0.25, 0.3) is 5.56 Å². The number of nitrogen functional groups attached to an aromatic ring is 1. The van der Waals surface area contributed by atoms with Crippen LogP contribution in [0.25, 0.3) is 21.3 Å². The van der Waals surface area contributed by atoms with E-state index >= 15 is 0 Å². The Morgan fingerprint density at radius 2 is 1.97 bits per heavy atom. The number of morpholine rings is 1. The van der Waals surface area contributed by atoms with Gasteiger partial charge in [-0.1, -0.05) is 42.1 Å². The molecule has 2 atom stereocenters. The molecule has 7 nitrogen and oxygen atoms in total. The normalized spacial score (nSPS) is 19.6. The van der Waals surface area contributed by atoms with E-state index in [4.69, 9.17) is 10.6 Å². The van der Waals surface area contributed by atoms with E-state index in [1.807, 2.05) is 49.6 Å². The van der Waals surface area contributed by atoms with Crippen molar-refractivity contribution in [3.63, 3.8) is 0 Å². The van der Waals surface area contributed by atoms with Crippen molar-refractivity contribution in [2.75, 3.05) is 24.7 Å². The predicted octanol–water partition coefficient (Wildman–Crippen LogP) is 2.57. The monoisotopic (exact) mass is 430 g/mol. The Morgan fingerprint density at radius 1 is 1.28 bits per heavy atom. The minimum absolute atomic E-state index is 0.0115. The average Bonchev–Trinajstić information content (AvgIpc) is 3.13. The van der Waals surface area contributed by atoms with Crippen LogP contribution in [0.1, 0.15) is 13.8 Å². The van der Waals surface area contributed by atoms with Gasteiger partial charge >= 0.3 is 0 Å².